The van der Waals surface area contributed by atoms with Gasteiger partial charge in [-0.15, -0.1) is 0 Å². The average Bonchev–Trinajstić information content (AvgIpc) is 2.57. The molecule has 24 heavy (non-hydrogen) atoms. The summed E-state index contributed by atoms with van der Waals surface area (Å²) in [5.74, 6) is -0.576. The van der Waals surface area contributed by atoms with Crippen molar-refractivity contribution >= 4 is 6.29 Å². The van der Waals surface area contributed by atoms with Gasteiger partial charge in [0, 0.05) is 12.1 Å². The number of nitrogens with zero attached hydrogens (tertiary/aromatic N) is 1. The first-order chi connectivity index (χ1) is 11.6. The molecule has 0 bridgehead atoms. The van der Waals surface area contributed by atoms with Crippen molar-refractivity contribution in [1.82, 2.24) is 4.90 Å². The minimum atomic E-state index is -0.550. The topological polar surface area (TPSA) is 38.8 Å². The predicted molar refractivity (Wildman–Crippen MR) is 88.7 cm³/mol. The van der Waals surface area contributed by atoms with Crippen molar-refractivity contribution in [2.24, 2.45) is 0 Å². The zero-order valence-electron chi connectivity index (χ0n) is 13.7. The highest BCUT2D eigenvalue weighted by atomic mass is 19.1. The minimum Gasteiger partial charge on any atom is -0.479 e. The number of hydrogen-bond acceptors (Lipinski definition) is 4. The van der Waals surface area contributed by atoms with E-state index in [9.17, 15) is 9.18 Å². The summed E-state index contributed by atoms with van der Waals surface area (Å²) in [7, 11) is 3.89. The van der Waals surface area contributed by atoms with Gasteiger partial charge in [-0.2, -0.15) is 0 Å². The number of benzene rings is 2. The number of halogens is 1. The molecule has 0 N–H and O–H groups in total. The summed E-state index contributed by atoms with van der Waals surface area (Å²) in [5.41, 5.74) is 2.18. The van der Waals surface area contributed by atoms with Crippen molar-refractivity contribution in [2.45, 2.75) is 18.8 Å². The Hall–Kier alpha value is -2.24. The fraction of sp³-hybridized carbons (Fsp3) is 0.316. The number of aldehydes is 1. The summed E-state index contributed by atoms with van der Waals surface area (Å²) in [5, 5.41) is 0. The Morgan fingerprint density at radius 2 is 2.04 bits per heavy atom. The highest BCUT2D eigenvalue weighted by molar-refractivity contribution is 5.79. The van der Waals surface area contributed by atoms with Crippen LogP contribution in [0.2, 0.25) is 0 Å². The summed E-state index contributed by atoms with van der Waals surface area (Å²) in [6.07, 6.45) is -0.128. The van der Waals surface area contributed by atoms with E-state index in [-0.39, 0.29) is 17.4 Å². The van der Waals surface area contributed by atoms with Gasteiger partial charge >= 0.3 is 0 Å². The number of ether oxygens (including phenoxy) is 2. The number of hydrogen-bond donors (Lipinski definition) is 0. The molecule has 126 valence electrons. The molecule has 0 spiro atoms. The fourth-order valence-corrected chi connectivity index (χ4v) is 2.95. The van der Waals surface area contributed by atoms with E-state index in [1.165, 1.54) is 12.1 Å². The summed E-state index contributed by atoms with van der Waals surface area (Å²) in [4.78, 5) is 13.2. The molecule has 2 aromatic rings. The van der Waals surface area contributed by atoms with E-state index in [1.807, 2.05) is 43.3 Å². The summed E-state index contributed by atoms with van der Waals surface area (Å²) in [6.45, 7) is 1.12. The Labute approximate surface area is 140 Å². The largest absolute Gasteiger partial charge is 0.479 e. The minimum absolute atomic E-state index is 0.0263. The van der Waals surface area contributed by atoms with Crippen LogP contribution in [0.15, 0.2) is 42.5 Å². The molecular formula is C19H20FNO3. The third-order valence-corrected chi connectivity index (χ3v) is 4.07. The van der Waals surface area contributed by atoms with Crippen LogP contribution in [0.25, 0.3) is 0 Å². The monoisotopic (exact) mass is 329 g/mol. The van der Waals surface area contributed by atoms with Crippen LogP contribution in [-0.4, -0.2) is 37.9 Å². The van der Waals surface area contributed by atoms with Crippen molar-refractivity contribution in [3.8, 4) is 5.75 Å². The molecule has 0 fully saturated rings. The number of carbonyl (C=O) groups is 1. The molecule has 1 aliphatic heterocycles. The van der Waals surface area contributed by atoms with Crippen LogP contribution in [0.1, 0.15) is 27.6 Å². The molecule has 0 saturated heterocycles. The van der Waals surface area contributed by atoms with Crippen molar-refractivity contribution in [2.75, 3.05) is 20.6 Å². The molecule has 0 amide bonds. The Morgan fingerprint density at radius 3 is 2.79 bits per heavy atom. The van der Waals surface area contributed by atoms with Crippen molar-refractivity contribution in [3.63, 3.8) is 0 Å². The first kappa shape index (κ1) is 16.6. The highest BCUT2D eigenvalue weighted by Gasteiger charge is 2.33. The van der Waals surface area contributed by atoms with Crippen molar-refractivity contribution < 1.29 is 18.7 Å². The van der Waals surface area contributed by atoms with Crippen LogP contribution in [0, 0.1) is 5.82 Å². The second kappa shape index (κ2) is 7.11. The lowest BCUT2D eigenvalue weighted by Gasteiger charge is -2.35. The molecule has 0 saturated carbocycles. The summed E-state index contributed by atoms with van der Waals surface area (Å²) >= 11 is 0. The number of carbonyl (C=O) groups excluding carboxylic acids is 1. The molecule has 0 radical (unpaired) electrons. The Balaban J connectivity index is 2.00. The first-order valence-corrected chi connectivity index (χ1v) is 7.84. The van der Waals surface area contributed by atoms with E-state index in [0.717, 1.165) is 11.1 Å². The van der Waals surface area contributed by atoms with E-state index >= 15 is 0 Å². The molecule has 1 aliphatic rings. The first-order valence-electron chi connectivity index (χ1n) is 7.84. The molecule has 5 heteroatoms. The Bertz CT molecular complexity index is 732. The molecule has 0 aromatic heterocycles. The van der Waals surface area contributed by atoms with Gasteiger partial charge in [-0.25, -0.2) is 4.39 Å². The van der Waals surface area contributed by atoms with Crippen LogP contribution in [0.4, 0.5) is 4.39 Å². The Kier molecular flexibility index (Phi) is 4.92. The molecule has 0 aliphatic carbocycles. The van der Waals surface area contributed by atoms with Gasteiger partial charge in [-0.05, 0) is 31.8 Å². The molecule has 4 nitrogen and oxygen atoms in total. The summed E-state index contributed by atoms with van der Waals surface area (Å²) < 4.78 is 26.1. The van der Waals surface area contributed by atoms with E-state index in [4.69, 9.17) is 9.47 Å². The van der Waals surface area contributed by atoms with E-state index in [2.05, 4.69) is 0 Å². The lowest BCUT2D eigenvalue weighted by Crippen LogP contribution is -2.39. The van der Waals surface area contributed by atoms with Gasteiger partial charge in [0.15, 0.2) is 24.0 Å². The maximum Gasteiger partial charge on any atom is 0.166 e. The summed E-state index contributed by atoms with van der Waals surface area (Å²) in [6, 6.07) is 12.1. The number of para-hydroxylation sites is 1. The molecule has 1 heterocycles. The third-order valence-electron chi connectivity index (χ3n) is 4.07. The second-order valence-electron chi connectivity index (χ2n) is 6.13. The smallest absolute Gasteiger partial charge is 0.166 e. The van der Waals surface area contributed by atoms with Gasteiger partial charge in [0.2, 0.25) is 0 Å². The average molecular weight is 329 g/mol. The van der Waals surface area contributed by atoms with Gasteiger partial charge in [-0.3, -0.25) is 4.79 Å². The van der Waals surface area contributed by atoms with Crippen LogP contribution >= 0.6 is 0 Å². The second-order valence-corrected chi connectivity index (χ2v) is 6.13. The molecule has 0 unspecified atom stereocenters. The third kappa shape index (κ3) is 3.32. The van der Waals surface area contributed by atoms with E-state index in [1.54, 1.807) is 6.07 Å². The maximum atomic E-state index is 14.2. The standard InChI is InChI=1S/C19H20FNO3/c1-21(2)10-17-19(15-8-4-3-6-14(15)12-23-17)24-18-13(11-22)7-5-9-16(18)20/h3-9,11,17,19H,10,12H2,1-2H3/t17-,19-/m0/s1. The van der Waals surface area contributed by atoms with E-state index < -0.39 is 11.9 Å². The number of fused-ring (bicyclic) bond motifs is 1. The van der Waals surface area contributed by atoms with Crippen LogP contribution < -0.4 is 4.74 Å². The Morgan fingerprint density at radius 1 is 1.25 bits per heavy atom. The molecule has 2 aromatic carbocycles. The molecule has 2 atom stereocenters. The van der Waals surface area contributed by atoms with Gasteiger partial charge in [-0.1, -0.05) is 30.3 Å². The van der Waals surface area contributed by atoms with E-state index in [0.29, 0.717) is 19.4 Å². The quantitative estimate of drug-likeness (QED) is 0.790. The zero-order chi connectivity index (χ0) is 17.1. The van der Waals surface area contributed by atoms with Gasteiger partial charge in [0.25, 0.3) is 0 Å². The molecular weight excluding hydrogens is 309 g/mol. The van der Waals surface area contributed by atoms with Crippen molar-refractivity contribution in [3.05, 3.63) is 65.0 Å². The van der Waals surface area contributed by atoms with Gasteiger partial charge in [0.1, 0.15) is 6.10 Å². The highest BCUT2D eigenvalue weighted by Crippen LogP contribution is 2.35. The lowest BCUT2D eigenvalue weighted by atomic mass is 9.95. The van der Waals surface area contributed by atoms with Crippen LogP contribution in [0.3, 0.4) is 0 Å². The van der Waals surface area contributed by atoms with Gasteiger partial charge in [0.05, 0.1) is 12.2 Å². The number of likely N-dealkylation sites (N-methyl/N-ethyl adjacent to an activating group) is 1. The molecule has 3 rings (SSSR count). The fourth-order valence-electron chi connectivity index (χ4n) is 2.95. The SMILES string of the molecule is CN(C)C[C@@H]1OCc2ccccc2[C@@H]1Oc1c(F)cccc1C=O. The van der Waals surface area contributed by atoms with Crippen molar-refractivity contribution in [1.29, 1.82) is 0 Å². The maximum absolute atomic E-state index is 14.2. The lowest BCUT2D eigenvalue weighted by molar-refractivity contribution is -0.0627. The normalized spacial score (nSPS) is 19.8. The predicted octanol–water partition coefficient (Wildman–Crippen LogP) is 3.22. The van der Waals surface area contributed by atoms with Gasteiger partial charge < -0.3 is 14.4 Å². The van der Waals surface area contributed by atoms with Crippen LogP contribution in [0.5, 0.6) is 5.75 Å². The zero-order valence-corrected chi connectivity index (χ0v) is 13.7. The van der Waals surface area contributed by atoms with Crippen LogP contribution in [-0.2, 0) is 11.3 Å². The number of rotatable bonds is 5.